The fraction of sp³-hybridized carbons (Fsp3) is 0.292. The van der Waals surface area contributed by atoms with Gasteiger partial charge in [0.15, 0.2) is 6.61 Å². The number of hydrogen-bond acceptors (Lipinski definition) is 6. The third-order valence-corrected chi connectivity index (χ3v) is 5.56. The van der Waals surface area contributed by atoms with Crippen LogP contribution in [-0.2, 0) is 4.79 Å². The second-order valence-corrected chi connectivity index (χ2v) is 7.61. The highest BCUT2D eigenvalue weighted by molar-refractivity contribution is 5.91. The summed E-state index contributed by atoms with van der Waals surface area (Å²) in [6, 6.07) is 18.0. The molecule has 3 aromatic rings. The van der Waals surface area contributed by atoms with Crippen molar-refractivity contribution in [3.63, 3.8) is 0 Å². The molecule has 2 heterocycles. The van der Waals surface area contributed by atoms with Gasteiger partial charge in [0.2, 0.25) is 0 Å². The van der Waals surface area contributed by atoms with Gasteiger partial charge in [0, 0.05) is 37.9 Å². The van der Waals surface area contributed by atoms with Crippen LogP contribution in [0.15, 0.2) is 60.9 Å². The van der Waals surface area contributed by atoms with Crippen LogP contribution in [0.4, 0.5) is 17.3 Å². The molecule has 1 aliphatic heterocycles. The Kier molecular flexibility index (Phi) is 6.31. The van der Waals surface area contributed by atoms with Crippen molar-refractivity contribution in [1.29, 1.82) is 0 Å². The Morgan fingerprint density at radius 3 is 2.48 bits per heavy atom. The predicted molar refractivity (Wildman–Crippen MR) is 123 cm³/mol. The van der Waals surface area contributed by atoms with Crippen LogP contribution in [0.2, 0.25) is 0 Å². The highest BCUT2D eigenvalue weighted by Crippen LogP contribution is 2.21. The summed E-state index contributed by atoms with van der Waals surface area (Å²) in [6.07, 6.45) is 1.49. The van der Waals surface area contributed by atoms with Crippen molar-refractivity contribution < 1.29 is 9.53 Å². The lowest BCUT2D eigenvalue weighted by molar-refractivity contribution is -0.118. The van der Waals surface area contributed by atoms with Crippen molar-refractivity contribution >= 4 is 23.2 Å². The van der Waals surface area contributed by atoms with Gasteiger partial charge in [-0.05, 0) is 43.2 Å². The van der Waals surface area contributed by atoms with Crippen molar-refractivity contribution in [2.45, 2.75) is 13.8 Å². The Bertz CT molecular complexity index is 1030. The molecule has 160 valence electrons. The average molecular weight is 418 g/mol. The molecule has 31 heavy (non-hydrogen) atoms. The smallest absolute Gasteiger partial charge is 0.263 e. The van der Waals surface area contributed by atoms with Gasteiger partial charge in [-0.25, -0.2) is 9.97 Å². The number of nitrogens with zero attached hydrogens (tertiary/aromatic N) is 4. The van der Waals surface area contributed by atoms with Gasteiger partial charge in [-0.15, -0.1) is 0 Å². The first-order chi connectivity index (χ1) is 15.1. The van der Waals surface area contributed by atoms with Crippen molar-refractivity contribution in [2.75, 3.05) is 47.9 Å². The highest BCUT2D eigenvalue weighted by Gasteiger charge is 2.19. The molecule has 0 unspecified atom stereocenters. The molecule has 0 radical (unpaired) electrons. The number of anilines is 3. The molecule has 1 fully saturated rings. The molecular weight excluding hydrogens is 390 g/mol. The first-order valence-corrected chi connectivity index (χ1v) is 10.5. The van der Waals surface area contributed by atoms with E-state index in [1.807, 2.05) is 44.2 Å². The van der Waals surface area contributed by atoms with Crippen LogP contribution in [0, 0.1) is 13.8 Å². The van der Waals surface area contributed by atoms with E-state index in [4.69, 9.17) is 4.74 Å². The van der Waals surface area contributed by atoms with Crippen LogP contribution >= 0.6 is 0 Å². The number of para-hydroxylation sites is 1. The second-order valence-electron chi connectivity index (χ2n) is 7.61. The molecule has 0 saturated carbocycles. The van der Waals surface area contributed by atoms with E-state index in [2.05, 4.69) is 49.4 Å². The summed E-state index contributed by atoms with van der Waals surface area (Å²) in [5.41, 5.74) is 3.40. The number of aromatic nitrogens is 2. The average Bonchev–Trinajstić information content (AvgIpc) is 2.81. The molecule has 7 nitrogen and oxygen atoms in total. The van der Waals surface area contributed by atoms with E-state index in [0.717, 1.165) is 48.9 Å². The van der Waals surface area contributed by atoms with Gasteiger partial charge in [-0.1, -0.05) is 30.3 Å². The molecule has 2 aromatic carbocycles. The molecule has 0 spiro atoms. The molecule has 1 saturated heterocycles. The highest BCUT2D eigenvalue weighted by atomic mass is 16.5. The van der Waals surface area contributed by atoms with E-state index in [1.165, 1.54) is 12.0 Å². The fourth-order valence-corrected chi connectivity index (χ4v) is 3.62. The first kappa shape index (κ1) is 20.7. The zero-order valence-corrected chi connectivity index (χ0v) is 17.9. The number of aryl methyl sites for hydroxylation is 1. The van der Waals surface area contributed by atoms with Gasteiger partial charge in [0.1, 0.15) is 23.7 Å². The van der Waals surface area contributed by atoms with Gasteiger partial charge in [0.05, 0.1) is 0 Å². The molecule has 1 amide bonds. The number of piperazine rings is 1. The molecule has 1 N–H and O–H groups in total. The number of carbonyl (C=O) groups excluding carboxylic acids is 1. The second kappa shape index (κ2) is 9.47. The number of carbonyl (C=O) groups is 1. The minimum Gasteiger partial charge on any atom is -0.483 e. The van der Waals surface area contributed by atoms with Gasteiger partial charge in [0.25, 0.3) is 5.91 Å². The lowest BCUT2D eigenvalue weighted by Crippen LogP contribution is -2.46. The minimum atomic E-state index is -0.251. The lowest BCUT2D eigenvalue weighted by Gasteiger charge is -2.36. The van der Waals surface area contributed by atoms with Crippen LogP contribution in [0.3, 0.4) is 0 Å². The first-order valence-electron chi connectivity index (χ1n) is 10.5. The van der Waals surface area contributed by atoms with Crippen LogP contribution in [0.25, 0.3) is 0 Å². The largest absolute Gasteiger partial charge is 0.483 e. The zero-order chi connectivity index (χ0) is 21.6. The Hall–Kier alpha value is -3.61. The maximum atomic E-state index is 12.4. The van der Waals surface area contributed by atoms with Crippen molar-refractivity contribution in [2.24, 2.45) is 0 Å². The molecule has 1 aromatic heterocycles. The van der Waals surface area contributed by atoms with Crippen molar-refractivity contribution in [3.8, 4) is 5.75 Å². The quantitative estimate of drug-likeness (QED) is 0.663. The SMILES string of the molecule is Cc1cccc(OCC(=O)Nc2cc(N3CCN(c4ccccc4)CC3)ncn2)c1C. The Morgan fingerprint density at radius 1 is 0.968 bits per heavy atom. The Morgan fingerprint density at radius 2 is 1.71 bits per heavy atom. The summed E-state index contributed by atoms with van der Waals surface area (Å²) in [5.74, 6) is 1.76. The number of rotatable bonds is 6. The summed E-state index contributed by atoms with van der Waals surface area (Å²) < 4.78 is 5.68. The summed E-state index contributed by atoms with van der Waals surface area (Å²) >= 11 is 0. The Labute approximate surface area is 182 Å². The summed E-state index contributed by atoms with van der Waals surface area (Å²) in [4.78, 5) is 25.5. The fourth-order valence-electron chi connectivity index (χ4n) is 3.62. The number of nitrogens with one attached hydrogen (secondary N) is 1. The minimum absolute atomic E-state index is 0.0701. The molecule has 0 bridgehead atoms. The van der Waals surface area contributed by atoms with Gasteiger partial charge in [-0.2, -0.15) is 0 Å². The summed E-state index contributed by atoms with van der Waals surface area (Å²) in [6.45, 7) is 7.48. The topological polar surface area (TPSA) is 70.6 Å². The van der Waals surface area contributed by atoms with Gasteiger partial charge < -0.3 is 19.9 Å². The predicted octanol–water partition coefficient (Wildman–Crippen LogP) is 3.44. The van der Waals surface area contributed by atoms with Crippen LogP contribution in [0.5, 0.6) is 5.75 Å². The maximum absolute atomic E-state index is 12.4. The van der Waals surface area contributed by atoms with Crippen LogP contribution in [-0.4, -0.2) is 48.7 Å². The van der Waals surface area contributed by atoms with Crippen molar-refractivity contribution in [3.05, 3.63) is 72.1 Å². The number of benzene rings is 2. The summed E-state index contributed by atoms with van der Waals surface area (Å²) in [7, 11) is 0. The maximum Gasteiger partial charge on any atom is 0.263 e. The number of amides is 1. The number of hydrogen-bond donors (Lipinski definition) is 1. The lowest BCUT2D eigenvalue weighted by atomic mass is 10.1. The van der Waals surface area contributed by atoms with E-state index in [1.54, 1.807) is 0 Å². The van der Waals surface area contributed by atoms with E-state index in [-0.39, 0.29) is 12.5 Å². The zero-order valence-electron chi connectivity index (χ0n) is 17.9. The molecule has 7 heteroatoms. The van der Waals surface area contributed by atoms with E-state index >= 15 is 0 Å². The van der Waals surface area contributed by atoms with E-state index in [9.17, 15) is 4.79 Å². The number of ether oxygens (including phenoxy) is 1. The normalized spacial score (nSPS) is 13.7. The van der Waals surface area contributed by atoms with Gasteiger partial charge in [-0.3, -0.25) is 4.79 Å². The van der Waals surface area contributed by atoms with Crippen LogP contribution < -0.4 is 19.9 Å². The van der Waals surface area contributed by atoms with Crippen LogP contribution in [0.1, 0.15) is 11.1 Å². The van der Waals surface area contributed by atoms with Gasteiger partial charge >= 0.3 is 0 Å². The third-order valence-electron chi connectivity index (χ3n) is 5.56. The van der Waals surface area contributed by atoms with E-state index in [0.29, 0.717) is 5.82 Å². The molecule has 4 rings (SSSR count). The molecule has 0 atom stereocenters. The Balaban J connectivity index is 1.32. The third kappa shape index (κ3) is 5.12. The standard InChI is InChI=1S/C24H27N5O2/c1-18-7-6-10-21(19(18)2)31-16-24(30)27-22-15-23(26-17-25-22)29-13-11-28(12-14-29)20-8-4-3-5-9-20/h3-10,15,17H,11-14,16H2,1-2H3,(H,25,26,27,30). The molecular formula is C24H27N5O2. The summed E-state index contributed by atoms with van der Waals surface area (Å²) in [5, 5.41) is 2.81. The monoisotopic (exact) mass is 417 g/mol. The molecule has 1 aliphatic rings. The molecule has 0 aliphatic carbocycles. The van der Waals surface area contributed by atoms with Crippen molar-refractivity contribution in [1.82, 2.24) is 9.97 Å². The van der Waals surface area contributed by atoms with E-state index < -0.39 is 0 Å².